The van der Waals surface area contributed by atoms with E-state index >= 15 is 0 Å². The van der Waals surface area contributed by atoms with E-state index in [1.54, 1.807) is 48.5 Å². The predicted molar refractivity (Wildman–Crippen MR) is 102 cm³/mol. The van der Waals surface area contributed by atoms with E-state index in [0.29, 0.717) is 28.4 Å². The minimum atomic E-state index is -0.369. The van der Waals surface area contributed by atoms with Crippen LogP contribution in [0.15, 0.2) is 48.5 Å². The van der Waals surface area contributed by atoms with Crippen LogP contribution in [-0.4, -0.2) is 23.6 Å². The average Bonchev–Trinajstić information content (AvgIpc) is 2.60. The molecule has 0 aliphatic heterocycles. The molecule has 0 unspecified atom stereocenters. The smallest absolute Gasteiger partial charge is 0.338 e. The number of hydrogen-bond acceptors (Lipinski definition) is 4. The molecular weight excluding hydrogens is 360 g/mol. The molecule has 0 saturated carbocycles. The standard InChI is InChI=1S/C18H17ClN2O3S/c1-2-11-24-17(23)13-5-9-15(10-6-13)20-18(25)21-16(22)12-3-7-14(19)8-4-12/h3-10H,2,11H2,1H3,(H2,20,21,22,25). The Morgan fingerprint density at radius 3 is 2.24 bits per heavy atom. The highest BCUT2D eigenvalue weighted by Gasteiger charge is 2.09. The zero-order valence-electron chi connectivity index (χ0n) is 13.5. The maximum atomic E-state index is 12.1. The van der Waals surface area contributed by atoms with Gasteiger partial charge in [-0.1, -0.05) is 18.5 Å². The van der Waals surface area contributed by atoms with Gasteiger partial charge in [-0.25, -0.2) is 4.79 Å². The van der Waals surface area contributed by atoms with Crippen LogP contribution >= 0.6 is 23.8 Å². The molecule has 25 heavy (non-hydrogen) atoms. The fourth-order valence-electron chi connectivity index (χ4n) is 1.91. The number of carbonyl (C=O) groups excluding carboxylic acids is 2. The molecule has 0 fully saturated rings. The van der Waals surface area contributed by atoms with Crippen LogP contribution in [0.4, 0.5) is 5.69 Å². The third kappa shape index (κ3) is 5.85. The van der Waals surface area contributed by atoms with E-state index in [0.717, 1.165) is 6.42 Å². The lowest BCUT2D eigenvalue weighted by molar-refractivity contribution is 0.0505. The number of esters is 1. The van der Waals surface area contributed by atoms with Gasteiger partial charge < -0.3 is 10.1 Å². The maximum absolute atomic E-state index is 12.1. The second kappa shape index (κ2) is 9.15. The molecule has 2 aromatic rings. The molecule has 2 N–H and O–H groups in total. The Morgan fingerprint density at radius 1 is 1.04 bits per heavy atom. The van der Waals surface area contributed by atoms with Crippen LogP contribution in [0.5, 0.6) is 0 Å². The fraction of sp³-hybridized carbons (Fsp3) is 0.167. The molecule has 0 aliphatic carbocycles. The molecule has 0 aliphatic rings. The SMILES string of the molecule is CCCOC(=O)c1ccc(NC(=S)NC(=O)c2ccc(Cl)cc2)cc1. The van der Waals surface area contributed by atoms with Gasteiger partial charge in [0, 0.05) is 16.3 Å². The van der Waals surface area contributed by atoms with E-state index in [2.05, 4.69) is 10.6 Å². The van der Waals surface area contributed by atoms with Gasteiger partial charge in [-0.2, -0.15) is 0 Å². The van der Waals surface area contributed by atoms with Crippen molar-refractivity contribution in [2.45, 2.75) is 13.3 Å². The number of hydrogen-bond donors (Lipinski definition) is 2. The fourth-order valence-corrected chi connectivity index (χ4v) is 2.24. The monoisotopic (exact) mass is 376 g/mol. The van der Waals surface area contributed by atoms with E-state index in [4.69, 9.17) is 28.6 Å². The number of benzene rings is 2. The molecule has 0 saturated heterocycles. The molecule has 2 aromatic carbocycles. The minimum Gasteiger partial charge on any atom is -0.462 e. The summed E-state index contributed by atoms with van der Waals surface area (Å²) < 4.78 is 5.06. The summed E-state index contributed by atoms with van der Waals surface area (Å²) in [4.78, 5) is 23.8. The number of halogens is 1. The van der Waals surface area contributed by atoms with Crippen LogP contribution in [0, 0.1) is 0 Å². The highest BCUT2D eigenvalue weighted by atomic mass is 35.5. The van der Waals surface area contributed by atoms with Gasteiger partial charge in [-0.3, -0.25) is 10.1 Å². The van der Waals surface area contributed by atoms with Crippen LogP contribution < -0.4 is 10.6 Å². The van der Waals surface area contributed by atoms with Crippen molar-refractivity contribution < 1.29 is 14.3 Å². The maximum Gasteiger partial charge on any atom is 0.338 e. The summed E-state index contributed by atoms with van der Waals surface area (Å²) in [6.07, 6.45) is 0.771. The van der Waals surface area contributed by atoms with Crippen molar-refractivity contribution in [1.29, 1.82) is 0 Å². The normalized spacial score (nSPS) is 10.0. The topological polar surface area (TPSA) is 67.4 Å². The molecule has 5 nitrogen and oxygen atoms in total. The summed E-state index contributed by atoms with van der Waals surface area (Å²) in [6, 6.07) is 13.1. The minimum absolute atomic E-state index is 0.154. The summed E-state index contributed by atoms with van der Waals surface area (Å²) in [6.45, 7) is 2.32. The lowest BCUT2D eigenvalue weighted by Crippen LogP contribution is -2.34. The lowest BCUT2D eigenvalue weighted by Gasteiger charge is -2.10. The molecule has 7 heteroatoms. The second-order valence-corrected chi connectivity index (χ2v) is 5.97. The summed E-state index contributed by atoms with van der Waals surface area (Å²) in [7, 11) is 0. The summed E-state index contributed by atoms with van der Waals surface area (Å²) in [5.74, 6) is -0.707. The first-order chi connectivity index (χ1) is 12.0. The molecule has 130 valence electrons. The number of anilines is 1. The molecule has 0 atom stereocenters. The van der Waals surface area contributed by atoms with E-state index in [1.165, 1.54) is 0 Å². The Balaban J connectivity index is 1.90. The Morgan fingerprint density at radius 2 is 1.64 bits per heavy atom. The van der Waals surface area contributed by atoms with Crippen LogP contribution in [-0.2, 0) is 4.74 Å². The Hall–Kier alpha value is -2.44. The van der Waals surface area contributed by atoms with Crippen molar-refractivity contribution in [2.24, 2.45) is 0 Å². The Kier molecular flexibility index (Phi) is 6.91. The quantitative estimate of drug-likeness (QED) is 0.609. The zero-order chi connectivity index (χ0) is 18.2. The Labute approximate surface area is 156 Å². The predicted octanol–water partition coefficient (Wildman–Crippen LogP) is 4.03. The lowest BCUT2D eigenvalue weighted by atomic mass is 10.2. The van der Waals surface area contributed by atoms with Crippen molar-refractivity contribution in [3.63, 3.8) is 0 Å². The summed E-state index contributed by atoms with van der Waals surface area (Å²) in [5.41, 5.74) is 1.55. The van der Waals surface area contributed by atoms with Gasteiger partial charge in [0.1, 0.15) is 0 Å². The molecule has 0 spiro atoms. The molecule has 1 amide bonds. The van der Waals surface area contributed by atoms with Gasteiger partial charge in [-0.05, 0) is 67.2 Å². The molecule has 0 bridgehead atoms. The molecule has 2 rings (SSSR count). The summed E-state index contributed by atoms with van der Waals surface area (Å²) in [5, 5.41) is 6.17. The van der Waals surface area contributed by atoms with Crippen molar-refractivity contribution in [1.82, 2.24) is 5.32 Å². The van der Waals surface area contributed by atoms with E-state index in [-0.39, 0.29) is 17.0 Å². The van der Waals surface area contributed by atoms with Crippen molar-refractivity contribution in [3.8, 4) is 0 Å². The first kappa shape index (κ1) is 18.9. The Bertz CT molecular complexity index is 761. The van der Waals surface area contributed by atoms with Crippen LogP contribution in [0.1, 0.15) is 34.1 Å². The van der Waals surface area contributed by atoms with Gasteiger partial charge in [-0.15, -0.1) is 0 Å². The third-order valence-corrected chi connectivity index (χ3v) is 3.61. The van der Waals surface area contributed by atoms with Gasteiger partial charge in [0.05, 0.1) is 12.2 Å². The van der Waals surface area contributed by atoms with Crippen molar-refractivity contribution >= 4 is 46.5 Å². The summed E-state index contributed by atoms with van der Waals surface area (Å²) >= 11 is 10.9. The van der Waals surface area contributed by atoms with Crippen LogP contribution in [0.2, 0.25) is 5.02 Å². The highest BCUT2D eigenvalue weighted by Crippen LogP contribution is 2.12. The van der Waals surface area contributed by atoms with E-state index < -0.39 is 0 Å². The molecule has 0 aromatic heterocycles. The van der Waals surface area contributed by atoms with Crippen molar-refractivity contribution in [2.75, 3.05) is 11.9 Å². The van der Waals surface area contributed by atoms with E-state index in [9.17, 15) is 9.59 Å². The van der Waals surface area contributed by atoms with Gasteiger partial charge in [0.25, 0.3) is 5.91 Å². The number of ether oxygens (including phenoxy) is 1. The molecule has 0 radical (unpaired) electrons. The highest BCUT2D eigenvalue weighted by molar-refractivity contribution is 7.80. The third-order valence-electron chi connectivity index (χ3n) is 3.15. The van der Waals surface area contributed by atoms with E-state index in [1.807, 2.05) is 6.92 Å². The molecular formula is C18H17ClN2O3S. The van der Waals surface area contributed by atoms with Gasteiger partial charge >= 0.3 is 5.97 Å². The van der Waals surface area contributed by atoms with Crippen LogP contribution in [0.3, 0.4) is 0 Å². The largest absolute Gasteiger partial charge is 0.462 e. The van der Waals surface area contributed by atoms with Crippen molar-refractivity contribution in [3.05, 3.63) is 64.7 Å². The average molecular weight is 377 g/mol. The second-order valence-electron chi connectivity index (χ2n) is 5.13. The first-order valence-corrected chi connectivity index (χ1v) is 8.43. The van der Waals surface area contributed by atoms with Gasteiger partial charge in [0.2, 0.25) is 0 Å². The number of carbonyl (C=O) groups is 2. The molecule has 0 heterocycles. The van der Waals surface area contributed by atoms with Crippen LogP contribution in [0.25, 0.3) is 0 Å². The number of thiocarbonyl (C=S) groups is 1. The number of nitrogens with one attached hydrogen (secondary N) is 2. The number of rotatable bonds is 5. The van der Waals surface area contributed by atoms with Gasteiger partial charge in [0.15, 0.2) is 5.11 Å². The first-order valence-electron chi connectivity index (χ1n) is 7.64. The number of amides is 1. The zero-order valence-corrected chi connectivity index (χ0v) is 15.1.